The second-order valence-electron chi connectivity index (χ2n) is 7.20. The van der Waals surface area contributed by atoms with Crippen LogP contribution in [0.15, 0.2) is 41.3 Å². The molecule has 0 aliphatic carbocycles. The van der Waals surface area contributed by atoms with E-state index in [1.807, 2.05) is 35.4 Å². The van der Waals surface area contributed by atoms with E-state index in [1.54, 1.807) is 23.1 Å². The summed E-state index contributed by atoms with van der Waals surface area (Å²) in [7, 11) is 4.11. The van der Waals surface area contributed by atoms with Crippen LogP contribution in [0.3, 0.4) is 0 Å². The topological polar surface area (TPSA) is 36.4 Å². The van der Waals surface area contributed by atoms with Crippen LogP contribution in [-0.2, 0) is 0 Å². The Hall–Kier alpha value is -1.60. The van der Waals surface area contributed by atoms with Crippen molar-refractivity contribution in [1.82, 2.24) is 9.88 Å². The average molecular weight is 450 g/mol. The van der Waals surface area contributed by atoms with Gasteiger partial charge < -0.3 is 4.90 Å². The maximum atomic E-state index is 13.4. The maximum Gasteiger partial charge on any atom is 0.260 e. The van der Waals surface area contributed by atoms with Crippen molar-refractivity contribution < 1.29 is 4.79 Å². The molecular weight excluding hydrogens is 422 g/mol. The van der Waals surface area contributed by atoms with Crippen molar-refractivity contribution in [2.75, 3.05) is 38.3 Å². The number of benzene rings is 2. The zero-order valence-corrected chi connectivity index (χ0v) is 20.0. The molecule has 0 saturated heterocycles. The van der Waals surface area contributed by atoms with Crippen LogP contribution in [0.1, 0.15) is 27.9 Å². The maximum absolute atomic E-state index is 13.4. The van der Waals surface area contributed by atoms with Crippen molar-refractivity contribution in [3.8, 4) is 0 Å². The van der Waals surface area contributed by atoms with E-state index in [0.29, 0.717) is 12.1 Å². The van der Waals surface area contributed by atoms with Gasteiger partial charge in [-0.25, -0.2) is 4.98 Å². The van der Waals surface area contributed by atoms with Crippen molar-refractivity contribution in [3.05, 3.63) is 53.1 Å². The quantitative estimate of drug-likeness (QED) is 0.436. The second-order valence-corrected chi connectivity index (χ2v) is 9.08. The number of hydrogen-bond acceptors (Lipinski definition) is 5. The molecule has 1 heterocycles. The van der Waals surface area contributed by atoms with Crippen LogP contribution in [0.25, 0.3) is 10.2 Å². The summed E-state index contributed by atoms with van der Waals surface area (Å²) in [5.74, 6) is 0.0167. The Morgan fingerprint density at radius 3 is 2.59 bits per heavy atom. The third kappa shape index (κ3) is 5.51. The number of aromatic nitrogens is 1. The molecule has 1 amide bonds. The molecule has 4 nitrogen and oxygen atoms in total. The Kier molecular flexibility index (Phi) is 8.52. The standard InChI is InChI=1S/C22H27N3OS2.ClH/c1-15-10-11-19-20(16(15)2)23-22(28-19)25(13-7-12-24(3)4)21(26)17-8-6-9-18(14-17)27-5;/h6,8-11,14H,7,12-13H2,1-5H3;1H. The molecule has 0 spiro atoms. The lowest BCUT2D eigenvalue weighted by Gasteiger charge is -2.21. The molecule has 3 aromatic rings. The number of thiazole rings is 1. The van der Waals surface area contributed by atoms with Gasteiger partial charge >= 0.3 is 0 Å². The number of amides is 1. The van der Waals surface area contributed by atoms with Gasteiger partial charge in [0.05, 0.1) is 10.2 Å². The lowest BCUT2D eigenvalue weighted by Crippen LogP contribution is -2.33. The van der Waals surface area contributed by atoms with E-state index in [9.17, 15) is 4.79 Å². The van der Waals surface area contributed by atoms with Gasteiger partial charge in [-0.15, -0.1) is 24.2 Å². The molecule has 0 atom stereocenters. The van der Waals surface area contributed by atoms with Gasteiger partial charge in [0.1, 0.15) is 0 Å². The first kappa shape index (κ1) is 23.7. The highest BCUT2D eigenvalue weighted by molar-refractivity contribution is 7.98. The third-order valence-corrected chi connectivity index (χ3v) is 6.62. The largest absolute Gasteiger partial charge is 0.309 e. The van der Waals surface area contributed by atoms with Gasteiger partial charge in [0.25, 0.3) is 5.91 Å². The molecule has 0 unspecified atom stereocenters. The third-order valence-electron chi connectivity index (χ3n) is 4.85. The molecule has 0 fully saturated rings. The fraction of sp³-hybridized carbons (Fsp3) is 0.364. The SMILES string of the molecule is CSc1cccc(C(=O)N(CCCN(C)C)c2nc3c(C)c(C)ccc3s2)c1.Cl. The number of fused-ring (bicyclic) bond motifs is 1. The highest BCUT2D eigenvalue weighted by Crippen LogP contribution is 2.33. The van der Waals surface area contributed by atoms with E-state index in [4.69, 9.17) is 4.98 Å². The minimum absolute atomic E-state index is 0. The first-order valence-corrected chi connectivity index (χ1v) is 11.4. The molecule has 156 valence electrons. The van der Waals surface area contributed by atoms with E-state index < -0.39 is 0 Å². The second kappa shape index (κ2) is 10.4. The predicted octanol–water partition coefficient (Wildman–Crippen LogP) is 5.66. The number of carbonyl (C=O) groups excluding carboxylic acids is 1. The number of hydrogen-bond donors (Lipinski definition) is 0. The zero-order valence-electron chi connectivity index (χ0n) is 17.6. The van der Waals surface area contributed by atoms with Gasteiger partial charge in [-0.3, -0.25) is 9.69 Å². The van der Waals surface area contributed by atoms with Crippen LogP contribution in [-0.4, -0.2) is 49.2 Å². The lowest BCUT2D eigenvalue weighted by molar-refractivity contribution is 0.0986. The van der Waals surface area contributed by atoms with E-state index in [1.165, 1.54) is 11.1 Å². The monoisotopic (exact) mass is 449 g/mol. The summed E-state index contributed by atoms with van der Waals surface area (Å²) in [6.45, 7) is 5.78. The number of rotatable bonds is 7. The van der Waals surface area contributed by atoms with Gasteiger partial charge in [0.2, 0.25) is 0 Å². The Labute approximate surface area is 187 Å². The van der Waals surface area contributed by atoms with E-state index in [2.05, 4.69) is 45.0 Å². The van der Waals surface area contributed by atoms with Crippen molar-refractivity contribution in [3.63, 3.8) is 0 Å². The average Bonchev–Trinajstić information content (AvgIpc) is 3.12. The minimum atomic E-state index is 0. The summed E-state index contributed by atoms with van der Waals surface area (Å²) in [5.41, 5.74) is 4.12. The Morgan fingerprint density at radius 2 is 1.90 bits per heavy atom. The normalized spacial score (nSPS) is 11.0. The smallest absolute Gasteiger partial charge is 0.260 e. The molecule has 0 N–H and O–H groups in total. The van der Waals surface area contributed by atoms with Gasteiger partial charge in [-0.1, -0.05) is 23.5 Å². The van der Waals surface area contributed by atoms with E-state index in [0.717, 1.165) is 33.2 Å². The Balaban J connectivity index is 0.00000300. The molecule has 0 radical (unpaired) electrons. The highest BCUT2D eigenvalue weighted by atomic mass is 35.5. The minimum Gasteiger partial charge on any atom is -0.309 e. The fourth-order valence-electron chi connectivity index (χ4n) is 3.07. The summed E-state index contributed by atoms with van der Waals surface area (Å²) < 4.78 is 1.13. The summed E-state index contributed by atoms with van der Waals surface area (Å²) in [5, 5.41) is 0.780. The van der Waals surface area contributed by atoms with E-state index in [-0.39, 0.29) is 18.3 Å². The highest BCUT2D eigenvalue weighted by Gasteiger charge is 2.22. The summed E-state index contributed by atoms with van der Waals surface area (Å²) in [6.07, 6.45) is 2.92. The predicted molar refractivity (Wildman–Crippen MR) is 129 cm³/mol. The van der Waals surface area contributed by atoms with Crippen LogP contribution < -0.4 is 4.90 Å². The van der Waals surface area contributed by atoms with Crippen LogP contribution in [0.4, 0.5) is 5.13 Å². The molecule has 7 heteroatoms. The molecule has 3 rings (SSSR count). The van der Waals surface area contributed by atoms with Crippen LogP contribution in [0.5, 0.6) is 0 Å². The van der Waals surface area contributed by atoms with Crippen molar-refractivity contribution >= 4 is 56.8 Å². The summed E-state index contributed by atoms with van der Waals surface area (Å²) >= 11 is 3.24. The number of anilines is 1. The molecule has 0 saturated carbocycles. The lowest BCUT2D eigenvalue weighted by atomic mass is 10.1. The number of carbonyl (C=O) groups is 1. The van der Waals surface area contributed by atoms with Crippen molar-refractivity contribution in [1.29, 1.82) is 0 Å². The van der Waals surface area contributed by atoms with Crippen molar-refractivity contribution in [2.24, 2.45) is 0 Å². The van der Waals surface area contributed by atoms with Crippen molar-refractivity contribution in [2.45, 2.75) is 25.2 Å². The van der Waals surface area contributed by atoms with Gasteiger partial charge in [0.15, 0.2) is 5.13 Å². The fourth-order valence-corrected chi connectivity index (χ4v) is 4.58. The Morgan fingerprint density at radius 1 is 1.14 bits per heavy atom. The number of nitrogens with zero attached hydrogens (tertiary/aromatic N) is 3. The molecule has 0 bridgehead atoms. The number of halogens is 1. The van der Waals surface area contributed by atoms with E-state index >= 15 is 0 Å². The summed E-state index contributed by atoms with van der Waals surface area (Å²) in [6, 6.07) is 12.1. The molecule has 29 heavy (non-hydrogen) atoms. The first-order valence-electron chi connectivity index (χ1n) is 9.38. The van der Waals surface area contributed by atoms with Gasteiger partial charge in [0, 0.05) is 17.0 Å². The van der Waals surface area contributed by atoms with Crippen LogP contribution >= 0.6 is 35.5 Å². The number of thioether (sulfide) groups is 1. The van der Waals surface area contributed by atoms with Gasteiger partial charge in [-0.2, -0.15) is 0 Å². The Bertz CT molecular complexity index is 987. The van der Waals surface area contributed by atoms with Gasteiger partial charge in [-0.05, 0) is 82.6 Å². The molecule has 0 aliphatic heterocycles. The van der Waals surface area contributed by atoms with Crippen LogP contribution in [0, 0.1) is 13.8 Å². The molecule has 1 aromatic heterocycles. The first-order chi connectivity index (χ1) is 13.4. The zero-order chi connectivity index (χ0) is 20.3. The molecular formula is C22H28ClN3OS2. The van der Waals surface area contributed by atoms with Crippen LogP contribution in [0.2, 0.25) is 0 Å². The summed E-state index contributed by atoms with van der Waals surface area (Å²) in [4.78, 5) is 23.3. The molecule has 2 aromatic carbocycles. The molecule has 0 aliphatic rings. The number of aryl methyl sites for hydroxylation is 2.